The highest BCUT2D eigenvalue weighted by molar-refractivity contribution is 6.30. The number of amides is 1. The van der Waals surface area contributed by atoms with Crippen LogP contribution in [0.1, 0.15) is 19.4 Å². The lowest BCUT2D eigenvalue weighted by Crippen LogP contribution is -2.40. The van der Waals surface area contributed by atoms with Crippen LogP contribution < -0.4 is 14.8 Å². The number of fused-ring (bicyclic) bond motifs is 1. The van der Waals surface area contributed by atoms with E-state index in [0.29, 0.717) is 28.6 Å². The molecule has 148 valence electrons. The number of benzene rings is 2. The number of halogens is 1. The molecule has 2 atom stereocenters. The van der Waals surface area contributed by atoms with Gasteiger partial charge in [-0.25, -0.2) is 4.79 Å². The second kappa shape index (κ2) is 8.52. The molecule has 0 spiro atoms. The van der Waals surface area contributed by atoms with Crippen LogP contribution in [0.5, 0.6) is 11.5 Å². The normalized spacial score (nSPS) is 16.1. The SMILES string of the molecule is COc1ccc(NC(=O)[C@@H](OC(=O)[C@@H]2Cc3cc(Cl)ccc3O2)C(C)C)cc1. The summed E-state index contributed by atoms with van der Waals surface area (Å²) >= 11 is 5.98. The standard InChI is InChI=1S/C21H22ClNO5/c1-12(2)19(20(24)23-15-5-7-16(26-3)8-6-15)28-21(25)18-11-13-10-14(22)4-9-17(13)27-18/h4-10,12,18-19H,11H2,1-3H3,(H,23,24)/t18-,19-/m0/s1. The summed E-state index contributed by atoms with van der Waals surface area (Å²) in [6, 6.07) is 12.1. The van der Waals surface area contributed by atoms with Gasteiger partial charge in [0.1, 0.15) is 11.5 Å². The third-order valence-corrected chi connectivity index (χ3v) is 4.66. The Kier molecular flexibility index (Phi) is 6.09. The molecule has 7 heteroatoms. The minimum Gasteiger partial charge on any atom is -0.497 e. The topological polar surface area (TPSA) is 73.9 Å². The van der Waals surface area contributed by atoms with Crippen molar-refractivity contribution >= 4 is 29.2 Å². The Labute approximate surface area is 168 Å². The Bertz CT molecular complexity index is 866. The van der Waals surface area contributed by atoms with Crippen molar-refractivity contribution in [2.75, 3.05) is 12.4 Å². The van der Waals surface area contributed by atoms with Crippen molar-refractivity contribution in [3.05, 3.63) is 53.1 Å². The first-order valence-electron chi connectivity index (χ1n) is 8.98. The summed E-state index contributed by atoms with van der Waals surface area (Å²) in [7, 11) is 1.57. The molecule has 1 aliphatic rings. The van der Waals surface area contributed by atoms with Crippen molar-refractivity contribution in [1.29, 1.82) is 0 Å². The van der Waals surface area contributed by atoms with Gasteiger partial charge in [0.25, 0.3) is 5.91 Å². The van der Waals surface area contributed by atoms with E-state index in [9.17, 15) is 9.59 Å². The maximum Gasteiger partial charge on any atom is 0.348 e. The van der Waals surface area contributed by atoms with Crippen LogP contribution in [-0.4, -0.2) is 31.2 Å². The number of carbonyl (C=O) groups excluding carboxylic acids is 2. The van der Waals surface area contributed by atoms with Gasteiger partial charge in [-0.05, 0) is 53.9 Å². The molecule has 0 saturated heterocycles. The van der Waals surface area contributed by atoms with Gasteiger partial charge in [-0.15, -0.1) is 0 Å². The zero-order valence-corrected chi connectivity index (χ0v) is 16.7. The fourth-order valence-corrected chi connectivity index (χ4v) is 3.12. The van der Waals surface area contributed by atoms with Crippen LogP contribution in [0.3, 0.4) is 0 Å². The summed E-state index contributed by atoms with van der Waals surface area (Å²) in [4.78, 5) is 25.2. The number of methoxy groups -OCH3 is 1. The summed E-state index contributed by atoms with van der Waals surface area (Å²) in [6.45, 7) is 3.63. The summed E-state index contributed by atoms with van der Waals surface area (Å²) < 4.78 is 16.3. The van der Waals surface area contributed by atoms with Gasteiger partial charge in [0.2, 0.25) is 0 Å². The van der Waals surface area contributed by atoms with Crippen LogP contribution in [0, 0.1) is 5.92 Å². The van der Waals surface area contributed by atoms with Crippen LogP contribution in [0.4, 0.5) is 5.69 Å². The van der Waals surface area contributed by atoms with Gasteiger partial charge < -0.3 is 19.5 Å². The van der Waals surface area contributed by atoms with E-state index in [1.54, 1.807) is 49.6 Å². The van der Waals surface area contributed by atoms with E-state index in [4.69, 9.17) is 25.8 Å². The molecule has 0 unspecified atom stereocenters. The Balaban J connectivity index is 1.63. The summed E-state index contributed by atoms with van der Waals surface area (Å²) in [5, 5.41) is 3.34. The van der Waals surface area contributed by atoms with Gasteiger partial charge in [-0.1, -0.05) is 25.4 Å². The Morgan fingerprint density at radius 1 is 1.18 bits per heavy atom. The molecule has 1 amide bonds. The number of anilines is 1. The van der Waals surface area contributed by atoms with E-state index in [1.165, 1.54) is 0 Å². The van der Waals surface area contributed by atoms with Crippen molar-refractivity contribution in [2.45, 2.75) is 32.5 Å². The average Bonchev–Trinajstić information content (AvgIpc) is 3.09. The van der Waals surface area contributed by atoms with E-state index in [2.05, 4.69) is 5.32 Å². The largest absolute Gasteiger partial charge is 0.497 e. The van der Waals surface area contributed by atoms with Crippen molar-refractivity contribution in [1.82, 2.24) is 0 Å². The summed E-state index contributed by atoms with van der Waals surface area (Å²) in [5.41, 5.74) is 1.44. The van der Waals surface area contributed by atoms with E-state index in [0.717, 1.165) is 5.56 Å². The molecule has 0 saturated carbocycles. The smallest absolute Gasteiger partial charge is 0.348 e. The Morgan fingerprint density at radius 3 is 2.54 bits per heavy atom. The minimum atomic E-state index is -0.939. The van der Waals surface area contributed by atoms with Crippen LogP contribution in [0.2, 0.25) is 5.02 Å². The van der Waals surface area contributed by atoms with Crippen molar-refractivity contribution in [2.24, 2.45) is 5.92 Å². The maximum absolute atomic E-state index is 12.6. The van der Waals surface area contributed by atoms with Gasteiger partial charge in [0.05, 0.1) is 7.11 Å². The van der Waals surface area contributed by atoms with E-state index < -0.39 is 24.1 Å². The van der Waals surface area contributed by atoms with Crippen LogP contribution >= 0.6 is 11.6 Å². The molecule has 0 fully saturated rings. The number of rotatable bonds is 6. The monoisotopic (exact) mass is 403 g/mol. The lowest BCUT2D eigenvalue weighted by molar-refractivity contribution is -0.163. The molecule has 28 heavy (non-hydrogen) atoms. The van der Waals surface area contributed by atoms with Gasteiger partial charge >= 0.3 is 5.97 Å². The van der Waals surface area contributed by atoms with E-state index >= 15 is 0 Å². The molecule has 1 heterocycles. The number of ether oxygens (including phenoxy) is 3. The Morgan fingerprint density at radius 2 is 1.89 bits per heavy atom. The summed E-state index contributed by atoms with van der Waals surface area (Å²) in [5.74, 6) is 0.112. The van der Waals surface area contributed by atoms with Crippen molar-refractivity contribution in [3.8, 4) is 11.5 Å². The molecular weight excluding hydrogens is 382 g/mol. The highest BCUT2D eigenvalue weighted by Gasteiger charge is 2.35. The number of carbonyl (C=O) groups is 2. The van der Waals surface area contributed by atoms with Gasteiger partial charge in [0.15, 0.2) is 12.2 Å². The molecule has 2 aromatic rings. The lowest BCUT2D eigenvalue weighted by Gasteiger charge is -2.22. The second-order valence-electron chi connectivity index (χ2n) is 6.88. The Hall–Kier alpha value is -2.73. The molecular formula is C21H22ClNO5. The predicted octanol–water partition coefficient (Wildman–Crippen LogP) is 3.86. The molecule has 1 N–H and O–H groups in total. The molecule has 1 aliphatic heterocycles. The zero-order chi connectivity index (χ0) is 20.3. The molecule has 2 aromatic carbocycles. The van der Waals surface area contributed by atoms with Crippen molar-refractivity contribution in [3.63, 3.8) is 0 Å². The first-order valence-corrected chi connectivity index (χ1v) is 9.35. The number of nitrogens with one attached hydrogen (secondary N) is 1. The highest BCUT2D eigenvalue weighted by Crippen LogP contribution is 2.31. The van der Waals surface area contributed by atoms with E-state index in [-0.39, 0.29) is 5.92 Å². The van der Waals surface area contributed by atoms with Gasteiger partial charge in [-0.2, -0.15) is 0 Å². The van der Waals surface area contributed by atoms with E-state index in [1.807, 2.05) is 13.8 Å². The lowest BCUT2D eigenvalue weighted by atomic mass is 10.1. The quantitative estimate of drug-likeness (QED) is 0.741. The highest BCUT2D eigenvalue weighted by atomic mass is 35.5. The fraction of sp³-hybridized carbons (Fsp3) is 0.333. The number of hydrogen-bond acceptors (Lipinski definition) is 5. The molecule has 3 rings (SSSR count). The third kappa shape index (κ3) is 4.57. The number of esters is 1. The molecule has 0 aromatic heterocycles. The summed E-state index contributed by atoms with van der Waals surface area (Å²) in [6.07, 6.45) is -1.37. The van der Waals surface area contributed by atoms with Crippen LogP contribution in [0.15, 0.2) is 42.5 Å². The third-order valence-electron chi connectivity index (χ3n) is 4.42. The average molecular weight is 404 g/mol. The minimum absolute atomic E-state index is 0.208. The first kappa shape index (κ1) is 20.0. The van der Waals surface area contributed by atoms with Gasteiger partial charge in [0, 0.05) is 17.1 Å². The van der Waals surface area contributed by atoms with Crippen LogP contribution in [-0.2, 0) is 20.7 Å². The first-order chi connectivity index (χ1) is 13.4. The second-order valence-corrected chi connectivity index (χ2v) is 7.32. The number of hydrogen-bond donors (Lipinski definition) is 1. The molecule has 0 aliphatic carbocycles. The predicted molar refractivity (Wildman–Crippen MR) is 106 cm³/mol. The van der Waals surface area contributed by atoms with Gasteiger partial charge in [-0.3, -0.25) is 4.79 Å². The maximum atomic E-state index is 12.6. The fourth-order valence-electron chi connectivity index (χ4n) is 2.93. The zero-order valence-electron chi connectivity index (χ0n) is 15.9. The molecule has 0 radical (unpaired) electrons. The van der Waals surface area contributed by atoms with Crippen molar-refractivity contribution < 1.29 is 23.8 Å². The molecule has 6 nitrogen and oxygen atoms in total. The molecule has 0 bridgehead atoms. The van der Waals surface area contributed by atoms with Crippen LogP contribution in [0.25, 0.3) is 0 Å².